The molecule has 0 radical (unpaired) electrons. The van der Waals surface area contributed by atoms with E-state index in [2.05, 4.69) is 34.9 Å². The molecular weight excluding hydrogens is 432 g/mol. The molecule has 4 aromatic carbocycles. The lowest BCUT2D eigenvalue weighted by molar-refractivity contribution is -0.121. The SMILES string of the molecule is O=C(CCc1ccccc1-c1ccccc1CCNC(=O)c1ccccc1)NCc1ccccc1. The third-order valence-corrected chi connectivity index (χ3v) is 5.99. The van der Waals surface area contributed by atoms with Crippen molar-refractivity contribution in [2.24, 2.45) is 0 Å². The molecule has 0 bridgehead atoms. The van der Waals surface area contributed by atoms with Gasteiger partial charge in [-0.3, -0.25) is 9.59 Å². The van der Waals surface area contributed by atoms with Gasteiger partial charge < -0.3 is 10.6 Å². The lowest BCUT2D eigenvalue weighted by Gasteiger charge is -2.15. The molecule has 0 saturated heterocycles. The van der Waals surface area contributed by atoms with Crippen LogP contribution in [0.15, 0.2) is 109 Å². The van der Waals surface area contributed by atoms with Gasteiger partial charge in [0.05, 0.1) is 0 Å². The van der Waals surface area contributed by atoms with Gasteiger partial charge in [-0.15, -0.1) is 0 Å². The van der Waals surface area contributed by atoms with E-state index in [1.807, 2.05) is 84.9 Å². The summed E-state index contributed by atoms with van der Waals surface area (Å²) in [6, 6.07) is 35.7. The first kappa shape index (κ1) is 24.0. The second kappa shape index (κ2) is 12.3. The number of hydrogen-bond acceptors (Lipinski definition) is 2. The third kappa shape index (κ3) is 6.90. The number of hydrogen-bond donors (Lipinski definition) is 2. The Kier molecular flexibility index (Phi) is 8.44. The average molecular weight is 463 g/mol. The second-order valence-electron chi connectivity index (χ2n) is 8.45. The third-order valence-electron chi connectivity index (χ3n) is 5.99. The van der Waals surface area contributed by atoms with Crippen LogP contribution in [0.3, 0.4) is 0 Å². The standard InChI is InChI=1S/C31H30N2O2/c34-30(33-23-24-11-3-1-4-12-24)20-19-25-13-7-9-17-28(25)29-18-10-8-14-26(29)21-22-32-31(35)27-15-5-2-6-16-27/h1-18H,19-23H2,(H,32,35)(H,33,34). The Morgan fingerprint density at radius 3 is 1.77 bits per heavy atom. The van der Waals surface area contributed by atoms with Gasteiger partial charge in [0.2, 0.25) is 5.91 Å². The largest absolute Gasteiger partial charge is 0.352 e. The zero-order valence-corrected chi connectivity index (χ0v) is 19.7. The molecule has 2 amide bonds. The molecule has 4 aromatic rings. The molecule has 0 saturated carbocycles. The van der Waals surface area contributed by atoms with Gasteiger partial charge in [0, 0.05) is 25.1 Å². The van der Waals surface area contributed by atoms with E-state index in [-0.39, 0.29) is 11.8 Å². The quantitative estimate of drug-likeness (QED) is 0.323. The summed E-state index contributed by atoms with van der Waals surface area (Å²) < 4.78 is 0. The number of benzene rings is 4. The molecule has 4 heteroatoms. The molecule has 2 N–H and O–H groups in total. The van der Waals surface area contributed by atoms with Crippen molar-refractivity contribution in [2.45, 2.75) is 25.8 Å². The summed E-state index contributed by atoms with van der Waals surface area (Å²) in [6.07, 6.45) is 1.82. The monoisotopic (exact) mass is 462 g/mol. The molecule has 0 aliphatic carbocycles. The fourth-order valence-electron chi connectivity index (χ4n) is 4.14. The highest BCUT2D eigenvalue weighted by atomic mass is 16.2. The predicted molar refractivity (Wildman–Crippen MR) is 141 cm³/mol. The van der Waals surface area contributed by atoms with E-state index in [4.69, 9.17) is 0 Å². The van der Waals surface area contributed by atoms with Crippen molar-refractivity contribution >= 4 is 11.8 Å². The topological polar surface area (TPSA) is 58.2 Å². The first-order valence-corrected chi connectivity index (χ1v) is 12.0. The normalized spacial score (nSPS) is 10.5. The van der Waals surface area contributed by atoms with Crippen molar-refractivity contribution in [1.82, 2.24) is 10.6 Å². The van der Waals surface area contributed by atoms with Crippen molar-refractivity contribution in [3.63, 3.8) is 0 Å². The summed E-state index contributed by atoms with van der Waals surface area (Å²) in [7, 11) is 0. The maximum atomic E-state index is 12.5. The minimum absolute atomic E-state index is 0.0422. The van der Waals surface area contributed by atoms with E-state index in [9.17, 15) is 9.59 Å². The van der Waals surface area contributed by atoms with Crippen LogP contribution in [0.25, 0.3) is 11.1 Å². The van der Waals surface area contributed by atoms with Gasteiger partial charge in [-0.25, -0.2) is 0 Å². The van der Waals surface area contributed by atoms with Crippen LogP contribution in [0, 0.1) is 0 Å². The van der Waals surface area contributed by atoms with Gasteiger partial charge in [-0.05, 0) is 52.8 Å². The number of rotatable bonds is 10. The molecule has 0 aliphatic rings. The smallest absolute Gasteiger partial charge is 0.251 e. The van der Waals surface area contributed by atoms with Crippen LogP contribution >= 0.6 is 0 Å². The lowest BCUT2D eigenvalue weighted by atomic mass is 9.92. The van der Waals surface area contributed by atoms with Crippen molar-refractivity contribution < 1.29 is 9.59 Å². The minimum atomic E-state index is -0.0648. The fourth-order valence-corrected chi connectivity index (χ4v) is 4.14. The highest BCUT2D eigenvalue weighted by molar-refractivity contribution is 5.94. The molecular formula is C31H30N2O2. The van der Waals surface area contributed by atoms with Crippen LogP contribution in [-0.4, -0.2) is 18.4 Å². The predicted octanol–water partition coefficient (Wildman–Crippen LogP) is 5.58. The molecule has 4 nitrogen and oxygen atoms in total. The van der Waals surface area contributed by atoms with Crippen LogP contribution in [-0.2, 0) is 24.2 Å². The van der Waals surface area contributed by atoms with Crippen LogP contribution in [0.2, 0.25) is 0 Å². The molecule has 0 heterocycles. The maximum Gasteiger partial charge on any atom is 0.251 e. The Morgan fingerprint density at radius 1 is 0.571 bits per heavy atom. The average Bonchev–Trinajstić information content (AvgIpc) is 2.92. The van der Waals surface area contributed by atoms with Crippen molar-refractivity contribution in [3.8, 4) is 11.1 Å². The number of carbonyl (C=O) groups excluding carboxylic acids is 2. The molecule has 0 atom stereocenters. The fraction of sp³-hybridized carbons (Fsp3) is 0.161. The summed E-state index contributed by atoms with van der Waals surface area (Å²) in [4.78, 5) is 24.9. The molecule has 176 valence electrons. The molecule has 0 aromatic heterocycles. The summed E-state index contributed by atoms with van der Waals surface area (Å²) in [5.41, 5.74) is 6.34. The number of amides is 2. The van der Waals surface area contributed by atoms with E-state index < -0.39 is 0 Å². The summed E-state index contributed by atoms with van der Waals surface area (Å²) in [5.74, 6) is -0.0226. The molecule has 35 heavy (non-hydrogen) atoms. The lowest BCUT2D eigenvalue weighted by Crippen LogP contribution is -2.25. The summed E-state index contributed by atoms with van der Waals surface area (Å²) >= 11 is 0. The minimum Gasteiger partial charge on any atom is -0.352 e. The summed E-state index contributed by atoms with van der Waals surface area (Å²) in [5, 5.41) is 6.03. The Hall–Kier alpha value is -4.18. The zero-order valence-electron chi connectivity index (χ0n) is 19.7. The molecule has 0 spiro atoms. The first-order chi connectivity index (χ1) is 17.2. The van der Waals surface area contributed by atoms with Crippen LogP contribution in [0.5, 0.6) is 0 Å². The van der Waals surface area contributed by atoms with Gasteiger partial charge in [-0.2, -0.15) is 0 Å². The summed E-state index contributed by atoms with van der Waals surface area (Å²) in [6.45, 7) is 1.09. The first-order valence-electron chi connectivity index (χ1n) is 12.0. The zero-order chi connectivity index (χ0) is 24.3. The van der Waals surface area contributed by atoms with Crippen molar-refractivity contribution in [3.05, 3.63) is 131 Å². The van der Waals surface area contributed by atoms with Gasteiger partial charge >= 0.3 is 0 Å². The number of carbonyl (C=O) groups is 2. The van der Waals surface area contributed by atoms with Crippen LogP contribution in [0.4, 0.5) is 0 Å². The van der Waals surface area contributed by atoms with E-state index in [0.29, 0.717) is 31.5 Å². The maximum absolute atomic E-state index is 12.5. The Bertz CT molecular complexity index is 1250. The molecule has 0 aliphatic heterocycles. The Labute approximate surface area is 207 Å². The van der Waals surface area contributed by atoms with Gasteiger partial charge in [-0.1, -0.05) is 97.1 Å². The highest BCUT2D eigenvalue weighted by Gasteiger charge is 2.11. The van der Waals surface area contributed by atoms with Crippen molar-refractivity contribution in [2.75, 3.05) is 6.54 Å². The van der Waals surface area contributed by atoms with E-state index in [1.165, 1.54) is 5.56 Å². The number of aryl methyl sites for hydroxylation is 1. The number of nitrogens with one attached hydrogen (secondary N) is 2. The second-order valence-corrected chi connectivity index (χ2v) is 8.45. The van der Waals surface area contributed by atoms with Crippen LogP contribution in [0.1, 0.15) is 33.5 Å². The van der Waals surface area contributed by atoms with E-state index in [1.54, 1.807) is 0 Å². The highest BCUT2D eigenvalue weighted by Crippen LogP contribution is 2.28. The van der Waals surface area contributed by atoms with Crippen molar-refractivity contribution in [1.29, 1.82) is 0 Å². The molecule has 4 rings (SSSR count). The van der Waals surface area contributed by atoms with E-state index in [0.717, 1.165) is 28.7 Å². The van der Waals surface area contributed by atoms with E-state index >= 15 is 0 Å². The Balaban J connectivity index is 1.38. The molecule has 0 fully saturated rings. The Morgan fingerprint density at radius 2 is 1.11 bits per heavy atom. The van der Waals surface area contributed by atoms with Gasteiger partial charge in [0.25, 0.3) is 5.91 Å². The van der Waals surface area contributed by atoms with Crippen LogP contribution < -0.4 is 10.6 Å². The van der Waals surface area contributed by atoms with Gasteiger partial charge in [0.15, 0.2) is 0 Å². The molecule has 0 unspecified atom stereocenters. The van der Waals surface area contributed by atoms with Gasteiger partial charge in [0.1, 0.15) is 0 Å².